The van der Waals surface area contributed by atoms with Crippen molar-refractivity contribution in [2.24, 2.45) is 0 Å². The third-order valence-corrected chi connectivity index (χ3v) is 9.09. The number of ether oxygens (including phenoxy) is 1. The largest absolute Gasteiger partial charge is 0.492 e. The number of carbonyl (C=O) groups excluding carboxylic acids is 1. The first-order valence-electron chi connectivity index (χ1n) is 10.3. The Labute approximate surface area is 199 Å². The van der Waals surface area contributed by atoms with E-state index < -0.39 is 26.0 Å². The molecule has 1 aliphatic heterocycles. The van der Waals surface area contributed by atoms with Crippen LogP contribution < -0.4 is 10.1 Å². The maximum Gasteiger partial charge on any atom is 0.243 e. The van der Waals surface area contributed by atoms with Gasteiger partial charge >= 0.3 is 0 Å². The molecule has 0 unspecified atom stereocenters. The Balaban J connectivity index is 1.44. The van der Waals surface area contributed by atoms with Crippen LogP contribution in [0.15, 0.2) is 58.3 Å². The standard InChI is InChI=1S/C21H26ClN3O6S2/c1-24(32(27,28)19-8-4-17(22)5-9-19)16-21(26)23-12-15-31-18-6-10-20(11-7-18)33(29,30)25-13-2-3-14-25/h4-11H,2-3,12-16H2,1H3,(H,23,26). The number of carbonyl (C=O) groups is 1. The minimum atomic E-state index is -3.82. The third kappa shape index (κ3) is 6.45. The predicted octanol–water partition coefficient (Wildman–Crippen LogP) is 1.94. The normalized spacial score (nSPS) is 15.0. The van der Waals surface area contributed by atoms with Gasteiger partial charge in [-0.1, -0.05) is 11.6 Å². The fraction of sp³-hybridized carbons (Fsp3) is 0.381. The lowest BCUT2D eigenvalue weighted by Crippen LogP contribution is -2.39. The zero-order valence-corrected chi connectivity index (χ0v) is 20.5. The first-order chi connectivity index (χ1) is 15.6. The van der Waals surface area contributed by atoms with Gasteiger partial charge in [0.1, 0.15) is 12.4 Å². The Kier molecular flexibility index (Phi) is 8.35. The Bertz CT molecular complexity index is 1160. The van der Waals surface area contributed by atoms with Gasteiger partial charge in [0.15, 0.2) is 0 Å². The monoisotopic (exact) mass is 515 g/mol. The van der Waals surface area contributed by atoms with E-state index in [1.165, 1.54) is 47.8 Å². The molecular weight excluding hydrogens is 490 g/mol. The van der Waals surface area contributed by atoms with E-state index in [9.17, 15) is 21.6 Å². The fourth-order valence-electron chi connectivity index (χ4n) is 3.27. The van der Waals surface area contributed by atoms with Crippen LogP contribution in [0.1, 0.15) is 12.8 Å². The van der Waals surface area contributed by atoms with Crippen LogP contribution in [-0.4, -0.2) is 71.2 Å². The number of nitrogens with one attached hydrogen (secondary N) is 1. The van der Waals surface area contributed by atoms with E-state index >= 15 is 0 Å². The van der Waals surface area contributed by atoms with E-state index in [-0.39, 0.29) is 29.5 Å². The van der Waals surface area contributed by atoms with Crippen molar-refractivity contribution in [2.45, 2.75) is 22.6 Å². The van der Waals surface area contributed by atoms with Crippen molar-refractivity contribution in [3.8, 4) is 5.75 Å². The highest BCUT2D eigenvalue weighted by atomic mass is 35.5. The lowest BCUT2D eigenvalue weighted by molar-refractivity contribution is -0.121. The summed E-state index contributed by atoms with van der Waals surface area (Å²) in [5, 5.41) is 3.01. The average Bonchev–Trinajstić information content (AvgIpc) is 3.33. The Morgan fingerprint density at radius 1 is 1.00 bits per heavy atom. The van der Waals surface area contributed by atoms with E-state index in [1.807, 2.05) is 0 Å². The summed E-state index contributed by atoms with van der Waals surface area (Å²) in [6.45, 7) is 1.01. The molecule has 2 aromatic carbocycles. The number of nitrogens with zero attached hydrogens (tertiary/aromatic N) is 2. The van der Waals surface area contributed by atoms with Crippen molar-refractivity contribution in [3.05, 3.63) is 53.6 Å². The Morgan fingerprint density at radius 2 is 1.58 bits per heavy atom. The minimum Gasteiger partial charge on any atom is -0.492 e. The summed E-state index contributed by atoms with van der Waals surface area (Å²) < 4.78 is 58.0. The molecule has 3 rings (SSSR count). The third-order valence-electron chi connectivity index (χ3n) is 5.11. The Morgan fingerprint density at radius 3 is 2.18 bits per heavy atom. The SMILES string of the molecule is CN(CC(=O)NCCOc1ccc(S(=O)(=O)N2CCCC2)cc1)S(=O)(=O)c1ccc(Cl)cc1. The molecule has 1 saturated heterocycles. The van der Waals surface area contributed by atoms with Gasteiger partial charge in [-0.05, 0) is 61.4 Å². The van der Waals surface area contributed by atoms with Crippen LogP contribution in [-0.2, 0) is 24.8 Å². The van der Waals surface area contributed by atoms with E-state index in [0.29, 0.717) is 23.9 Å². The topological polar surface area (TPSA) is 113 Å². The number of amides is 1. The molecule has 1 amide bonds. The average molecular weight is 516 g/mol. The van der Waals surface area contributed by atoms with Gasteiger partial charge in [-0.25, -0.2) is 16.8 Å². The van der Waals surface area contributed by atoms with Crippen molar-refractivity contribution in [2.75, 3.05) is 39.8 Å². The van der Waals surface area contributed by atoms with E-state index in [0.717, 1.165) is 17.1 Å². The first kappa shape index (κ1) is 25.4. The molecule has 2 aromatic rings. The van der Waals surface area contributed by atoms with Crippen molar-refractivity contribution in [1.82, 2.24) is 13.9 Å². The van der Waals surface area contributed by atoms with Gasteiger partial charge in [0, 0.05) is 25.2 Å². The summed E-state index contributed by atoms with van der Waals surface area (Å²) in [4.78, 5) is 12.4. The quantitative estimate of drug-likeness (QED) is 0.484. The molecule has 0 radical (unpaired) electrons. The second kappa shape index (κ2) is 10.8. The summed E-state index contributed by atoms with van der Waals surface area (Å²) in [7, 11) is -5.98. The summed E-state index contributed by atoms with van der Waals surface area (Å²) in [5.74, 6) is -0.0160. The zero-order valence-electron chi connectivity index (χ0n) is 18.1. The molecule has 9 nitrogen and oxygen atoms in total. The van der Waals surface area contributed by atoms with Crippen molar-refractivity contribution < 1.29 is 26.4 Å². The van der Waals surface area contributed by atoms with Gasteiger partial charge in [0.2, 0.25) is 26.0 Å². The molecule has 0 aliphatic carbocycles. The molecule has 12 heteroatoms. The number of hydrogen-bond donors (Lipinski definition) is 1. The van der Waals surface area contributed by atoms with Gasteiger partial charge < -0.3 is 10.1 Å². The summed E-state index contributed by atoms with van der Waals surface area (Å²) in [6, 6.07) is 11.8. The maximum atomic E-state index is 12.5. The molecule has 1 fully saturated rings. The van der Waals surface area contributed by atoms with Crippen molar-refractivity contribution in [3.63, 3.8) is 0 Å². The highest BCUT2D eigenvalue weighted by Crippen LogP contribution is 2.23. The number of likely N-dealkylation sites (N-methyl/N-ethyl adjacent to an activating group) is 1. The van der Waals surface area contributed by atoms with Crippen LogP contribution in [0.4, 0.5) is 0 Å². The zero-order chi connectivity index (χ0) is 24.1. The number of benzene rings is 2. The van der Waals surface area contributed by atoms with E-state index in [4.69, 9.17) is 16.3 Å². The Hall–Kier alpha value is -2.18. The molecule has 0 bridgehead atoms. The highest BCUT2D eigenvalue weighted by Gasteiger charge is 2.27. The van der Waals surface area contributed by atoms with Gasteiger partial charge in [-0.3, -0.25) is 4.79 Å². The van der Waals surface area contributed by atoms with E-state index in [2.05, 4.69) is 5.32 Å². The van der Waals surface area contributed by atoms with E-state index in [1.54, 1.807) is 12.1 Å². The molecule has 1 aliphatic rings. The molecule has 180 valence electrons. The van der Waals surface area contributed by atoms with Gasteiger partial charge in [-0.2, -0.15) is 8.61 Å². The number of hydrogen-bond acceptors (Lipinski definition) is 6. The molecule has 0 aromatic heterocycles. The van der Waals surface area contributed by atoms with Crippen LogP contribution in [0.2, 0.25) is 5.02 Å². The summed E-state index contributed by atoms with van der Waals surface area (Å²) in [5.41, 5.74) is 0. The number of sulfonamides is 2. The number of halogens is 1. The second-order valence-electron chi connectivity index (χ2n) is 7.50. The molecule has 0 atom stereocenters. The van der Waals surface area contributed by atoms with Gasteiger partial charge in [0.05, 0.1) is 22.9 Å². The lowest BCUT2D eigenvalue weighted by atomic mass is 10.3. The van der Waals surface area contributed by atoms with Crippen LogP contribution in [0.25, 0.3) is 0 Å². The minimum absolute atomic E-state index is 0.0423. The molecule has 33 heavy (non-hydrogen) atoms. The maximum absolute atomic E-state index is 12.5. The van der Waals surface area contributed by atoms with Crippen LogP contribution >= 0.6 is 11.6 Å². The number of rotatable bonds is 10. The molecular formula is C21H26ClN3O6S2. The second-order valence-corrected chi connectivity index (χ2v) is 11.9. The first-order valence-corrected chi connectivity index (χ1v) is 13.6. The van der Waals surface area contributed by atoms with Gasteiger partial charge in [0.25, 0.3) is 0 Å². The summed E-state index contributed by atoms with van der Waals surface area (Å²) >= 11 is 5.78. The van der Waals surface area contributed by atoms with Crippen LogP contribution in [0.5, 0.6) is 5.75 Å². The molecule has 0 saturated carbocycles. The smallest absolute Gasteiger partial charge is 0.243 e. The van der Waals surface area contributed by atoms with Crippen molar-refractivity contribution in [1.29, 1.82) is 0 Å². The predicted molar refractivity (Wildman–Crippen MR) is 124 cm³/mol. The molecule has 1 heterocycles. The van der Waals surface area contributed by atoms with Crippen LogP contribution in [0, 0.1) is 0 Å². The highest BCUT2D eigenvalue weighted by molar-refractivity contribution is 7.89. The molecule has 1 N–H and O–H groups in total. The van der Waals surface area contributed by atoms with Gasteiger partial charge in [-0.15, -0.1) is 0 Å². The van der Waals surface area contributed by atoms with Crippen LogP contribution in [0.3, 0.4) is 0 Å². The van der Waals surface area contributed by atoms with Crippen molar-refractivity contribution >= 4 is 37.6 Å². The lowest BCUT2D eigenvalue weighted by Gasteiger charge is -2.17. The molecule has 0 spiro atoms. The summed E-state index contributed by atoms with van der Waals surface area (Å²) in [6.07, 6.45) is 1.74. The fourth-order valence-corrected chi connectivity index (χ4v) is 6.04.